The van der Waals surface area contributed by atoms with Gasteiger partial charge in [-0.1, -0.05) is 32.1 Å². The topological polar surface area (TPSA) is 63.6 Å². The minimum Gasteiger partial charge on any atom is -0.481 e. The van der Waals surface area contributed by atoms with E-state index < -0.39 is 17.8 Å². The summed E-state index contributed by atoms with van der Waals surface area (Å²) in [5.41, 5.74) is 0. The fourth-order valence-corrected chi connectivity index (χ4v) is 4.33. The third kappa shape index (κ3) is 3.98. The van der Waals surface area contributed by atoms with Gasteiger partial charge in [0.2, 0.25) is 0 Å². The van der Waals surface area contributed by atoms with Gasteiger partial charge < -0.3 is 9.84 Å². The molecule has 120 valence electrons. The molecule has 2 fully saturated rings. The molecule has 0 aliphatic heterocycles. The molecule has 4 heteroatoms. The summed E-state index contributed by atoms with van der Waals surface area (Å²) in [7, 11) is 0. The fourth-order valence-electron chi connectivity index (χ4n) is 4.33. The van der Waals surface area contributed by atoms with Crippen molar-refractivity contribution in [2.45, 2.75) is 64.7 Å². The molecule has 0 heterocycles. The molecule has 2 unspecified atom stereocenters. The predicted molar refractivity (Wildman–Crippen MR) is 79.8 cm³/mol. The third-order valence-electron chi connectivity index (χ3n) is 5.30. The van der Waals surface area contributed by atoms with Gasteiger partial charge in [0, 0.05) is 0 Å². The van der Waals surface area contributed by atoms with Crippen LogP contribution in [0.25, 0.3) is 0 Å². The van der Waals surface area contributed by atoms with Crippen molar-refractivity contribution in [2.75, 3.05) is 6.61 Å². The zero-order valence-corrected chi connectivity index (χ0v) is 13.1. The van der Waals surface area contributed by atoms with Crippen molar-refractivity contribution >= 4 is 11.9 Å². The average molecular weight is 296 g/mol. The molecule has 2 aliphatic rings. The standard InChI is InChI=1S/C17H28O4/c1-2-21-17(20)15(13-8-4-3-5-9-13)14(16(18)19)12-10-6-7-11-12/h12-15H,2-11H2,1H3,(H,18,19). The number of hydrogen-bond donors (Lipinski definition) is 1. The van der Waals surface area contributed by atoms with Gasteiger partial charge in [-0.15, -0.1) is 0 Å². The second kappa shape index (κ2) is 7.81. The van der Waals surface area contributed by atoms with Gasteiger partial charge in [-0.25, -0.2) is 0 Å². The number of carbonyl (C=O) groups excluding carboxylic acids is 1. The van der Waals surface area contributed by atoms with Crippen molar-refractivity contribution in [1.82, 2.24) is 0 Å². The largest absolute Gasteiger partial charge is 0.481 e. The van der Waals surface area contributed by atoms with Crippen molar-refractivity contribution in [2.24, 2.45) is 23.7 Å². The Hall–Kier alpha value is -1.06. The van der Waals surface area contributed by atoms with Crippen LogP contribution in [0.1, 0.15) is 64.7 Å². The Bertz CT molecular complexity index is 354. The summed E-state index contributed by atoms with van der Waals surface area (Å²) >= 11 is 0. The lowest BCUT2D eigenvalue weighted by atomic mass is 9.69. The van der Waals surface area contributed by atoms with E-state index >= 15 is 0 Å². The van der Waals surface area contributed by atoms with Crippen LogP contribution in [0.15, 0.2) is 0 Å². The first-order valence-corrected chi connectivity index (χ1v) is 8.54. The molecule has 0 aromatic rings. The summed E-state index contributed by atoms with van der Waals surface area (Å²) in [5, 5.41) is 9.74. The smallest absolute Gasteiger partial charge is 0.310 e. The lowest BCUT2D eigenvalue weighted by Crippen LogP contribution is -2.41. The first-order chi connectivity index (χ1) is 10.1. The zero-order valence-electron chi connectivity index (χ0n) is 13.1. The number of rotatable bonds is 6. The second-order valence-electron chi connectivity index (χ2n) is 6.58. The molecular weight excluding hydrogens is 268 g/mol. The molecule has 0 aromatic carbocycles. The number of carbonyl (C=O) groups is 2. The Balaban J connectivity index is 2.21. The molecular formula is C17H28O4. The highest BCUT2D eigenvalue weighted by molar-refractivity contribution is 5.81. The summed E-state index contributed by atoms with van der Waals surface area (Å²) in [5.74, 6) is -1.71. The Morgan fingerprint density at radius 2 is 1.43 bits per heavy atom. The van der Waals surface area contributed by atoms with Gasteiger partial charge in [-0.05, 0) is 44.4 Å². The number of carboxylic acids is 1. The first-order valence-electron chi connectivity index (χ1n) is 8.54. The van der Waals surface area contributed by atoms with E-state index in [0.717, 1.165) is 51.4 Å². The predicted octanol–water partition coefficient (Wildman–Crippen LogP) is 3.64. The van der Waals surface area contributed by atoms with Crippen molar-refractivity contribution in [3.63, 3.8) is 0 Å². The maximum atomic E-state index is 12.5. The van der Waals surface area contributed by atoms with Gasteiger partial charge in [0.05, 0.1) is 18.4 Å². The monoisotopic (exact) mass is 296 g/mol. The third-order valence-corrected chi connectivity index (χ3v) is 5.30. The van der Waals surface area contributed by atoms with Crippen LogP contribution in [0, 0.1) is 23.7 Å². The van der Waals surface area contributed by atoms with Gasteiger partial charge in [0.15, 0.2) is 0 Å². The van der Waals surface area contributed by atoms with E-state index in [4.69, 9.17) is 4.74 Å². The van der Waals surface area contributed by atoms with E-state index in [9.17, 15) is 14.7 Å². The SMILES string of the molecule is CCOC(=O)C(C1CCCCC1)C(C(=O)O)C1CCCC1. The molecule has 2 atom stereocenters. The molecule has 0 amide bonds. The molecule has 0 radical (unpaired) electrons. The van der Waals surface area contributed by atoms with Crippen LogP contribution in [0.3, 0.4) is 0 Å². The quantitative estimate of drug-likeness (QED) is 0.760. The highest BCUT2D eigenvalue weighted by atomic mass is 16.5. The highest BCUT2D eigenvalue weighted by Gasteiger charge is 2.45. The highest BCUT2D eigenvalue weighted by Crippen LogP contribution is 2.42. The Labute approximate surface area is 127 Å². The van der Waals surface area contributed by atoms with Crippen LogP contribution >= 0.6 is 0 Å². The van der Waals surface area contributed by atoms with E-state index in [2.05, 4.69) is 0 Å². The van der Waals surface area contributed by atoms with Crippen LogP contribution in [0.4, 0.5) is 0 Å². The maximum absolute atomic E-state index is 12.5. The summed E-state index contributed by atoms with van der Waals surface area (Å²) in [4.78, 5) is 24.3. The summed E-state index contributed by atoms with van der Waals surface area (Å²) in [6.45, 7) is 2.13. The van der Waals surface area contributed by atoms with Gasteiger partial charge >= 0.3 is 11.9 Å². The van der Waals surface area contributed by atoms with Crippen LogP contribution in [-0.4, -0.2) is 23.7 Å². The fraction of sp³-hybridized carbons (Fsp3) is 0.882. The molecule has 21 heavy (non-hydrogen) atoms. The lowest BCUT2D eigenvalue weighted by Gasteiger charge is -2.34. The number of esters is 1. The summed E-state index contributed by atoms with van der Waals surface area (Å²) < 4.78 is 5.25. The molecule has 0 bridgehead atoms. The van der Waals surface area contributed by atoms with Crippen LogP contribution in [0.2, 0.25) is 0 Å². The molecule has 4 nitrogen and oxygen atoms in total. The van der Waals surface area contributed by atoms with Crippen molar-refractivity contribution < 1.29 is 19.4 Å². The average Bonchev–Trinajstić information content (AvgIpc) is 2.99. The number of aliphatic carboxylic acids is 1. The Morgan fingerprint density at radius 3 is 1.90 bits per heavy atom. The maximum Gasteiger partial charge on any atom is 0.310 e. The van der Waals surface area contributed by atoms with E-state index in [1.54, 1.807) is 6.92 Å². The Morgan fingerprint density at radius 1 is 0.952 bits per heavy atom. The van der Waals surface area contributed by atoms with E-state index in [-0.39, 0.29) is 17.8 Å². The molecule has 2 rings (SSSR count). The Kier molecular flexibility index (Phi) is 6.07. The summed E-state index contributed by atoms with van der Waals surface area (Å²) in [6, 6.07) is 0. The van der Waals surface area contributed by atoms with E-state index in [1.807, 2.05) is 0 Å². The number of ether oxygens (including phenoxy) is 1. The van der Waals surface area contributed by atoms with Crippen LogP contribution in [-0.2, 0) is 14.3 Å². The number of carboxylic acid groups (broad SMARTS) is 1. The molecule has 0 saturated heterocycles. The van der Waals surface area contributed by atoms with E-state index in [0.29, 0.717) is 6.61 Å². The minimum absolute atomic E-state index is 0.152. The lowest BCUT2D eigenvalue weighted by molar-refractivity contribution is -0.163. The first kappa shape index (κ1) is 16.3. The van der Waals surface area contributed by atoms with Crippen molar-refractivity contribution in [1.29, 1.82) is 0 Å². The van der Waals surface area contributed by atoms with E-state index in [1.165, 1.54) is 6.42 Å². The normalized spacial score (nSPS) is 23.7. The van der Waals surface area contributed by atoms with Crippen molar-refractivity contribution in [3.05, 3.63) is 0 Å². The van der Waals surface area contributed by atoms with Crippen molar-refractivity contribution in [3.8, 4) is 0 Å². The van der Waals surface area contributed by atoms with Gasteiger partial charge in [-0.3, -0.25) is 9.59 Å². The number of hydrogen-bond acceptors (Lipinski definition) is 3. The molecule has 1 N–H and O–H groups in total. The van der Waals surface area contributed by atoms with Gasteiger partial charge in [-0.2, -0.15) is 0 Å². The molecule has 2 saturated carbocycles. The molecule has 0 aromatic heterocycles. The second-order valence-corrected chi connectivity index (χ2v) is 6.58. The zero-order chi connectivity index (χ0) is 15.2. The van der Waals surface area contributed by atoms with Crippen LogP contribution < -0.4 is 0 Å². The minimum atomic E-state index is -0.800. The van der Waals surface area contributed by atoms with Gasteiger partial charge in [0.25, 0.3) is 0 Å². The van der Waals surface area contributed by atoms with Gasteiger partial charge in [0.1, 0.15) is 0 Å². The molecule has 0 spiro atoms. The summed E-state index contributed by atoms with van der Waals surface area (Å²) in [6.07, 6.45) is 9.44. The molecule has 2 aliphatic carbocycles. The van der Waals surface area contributed by atoms with Crippen LogP contribution in [0.5, 0.6) is 0 Å².